The summed E-state index contributed by atoms with van der Waals surface area (Å²) >= 11 is 0. The fourth-order valence-electron chi connectivity index (χ4n) is 3.54. The van der Waals surface area contributed by atoms with Crippen molar-refractivity contribution in [2.45, 2.75) is 13.5 Å². The van der Waals surface area contributed by atoms with Crippen LogP contribution in [0.3, 0.4) is 0 Å². The molecule has 3 aromatic rings. The molecule has 0 radical (unpaired) electrons. The zero-order valence-electron chi connectivity index (χ0n) is 17.2. The lowest BCUT2D eigenvalue weighted by Crippen LogP contribution is -2.40. The number of amides is 1. The molecule has 4 rings (SSSR count). The third kappa shape index (κ3) is 4.56. The maximum absolute atomic E-state index is 12.7. The summed E-state index contributed by atoms with van der Waals surface area (Å²) in [6.45, 7) is 4.20. The predicted octanol–water partition coefficient (Wildman–Crippen LogP) is 3.17. The molecule has 0 unspecified atom stereocenters. The first-order valence-electron chi connectivity index (χ1n) is 10.0. The molecule has 1 amide bonds. The molecule has 0 spiro atoms. The summed E-state index contributed by atoms with van der Waals surface area (Å²) in [7, 11) is 0. The van der Waals surface area contributed by atoms with Crippen LogP contribution < -0.4 is 5.32 Å². The Hall–Kier alpha value is -3.72. The molecule has 1 N–H and O–H groups in total. The standard InChI is InChI=1S/C22H23N5O4/c1-16-8-9-26(24-16)20-5-3-2-4-18(20)15-23-19-7-6-17(14-21(19)27(29)30)22(28)25-10-12-31-13-11-25/h2-9,14,23H,10-13,15H2,1H3. The third-order valence-electron chi connectivity index (χ3n) is 5.17. The Morgan fingerprint density at radius 2 is 1.97 bits per heavy atom. The molecule has 9 nitrogen and oxygen atoms in total. The molecular formula is C22H23N5O4. The van der Waals surface area contributed by atoms with Crippen LogP contribution in [0.1, 0.15) is 21.6 Å². The number of benzene rings is 2. The van der Waals surface area contributed by atoms with Crippen LogP contribution in [0.5, 0.6) is 0 Å². The van der Waals surface area contributed by atoms with Crippen molar-refractivity contribution in [2.75, 3.05) is 31.6 Å². The van der Waals surface area contributed by atoms with Crippen molar-refractivity contribution >= 4 is 17.3 Å². The predicted molar refractivity (Wildman–Crippen MR) is 115 cm³/mol. The lowest BCUT2D eigenvalue weighted by atomic mass is 10.1. The van der Waals surface area contributed by atoms with Gasteiger partial charge < -0.3 is 15.0 Å². The summed E-state index contributed by atoms with van der Waals surface area (Å²) in [6, 6.07) is 14.2. The van der Waals surface area contributed by atoms with E-state index in [0.717, 1.165) is 16.9 Å². The number of nitro groups is 1. The molecule has 1 fully saturated rings. The van der Waals surface area contributed by atoms with Crippen molar-refractivity contribution in [1.29, 1.82) is 0 Å². The van der Waals surface area contributed by atoms with Gasteiger partial charge in [-0.05, 0) is 36.8 Å². The number of nitrogens with zero attached hydrogens (tertiary/aromatic N) is 4. The van der Waals surface area contributed by atoms with E-state index < -0.39 is 4.92 Å². The van der Waals surface area contributed by atoms with Gasteiger partial charge in [0.2, 0.25) is 0 Å². The van der Waals surface area contributed by atoms with Crippen LogP contribution in [0.15, 0.2) is 54.7 Å². The SMILES string of the molecule is Cc1ccn(-c2ccccc2CNc2ccc(C(=O)N3CCOCC3)cc2[N+](=O)[O-])n1. The maximum atomic E-state index is 12.7. The molecule has 1 aliphatic heterocycles. The highest BCUT2D eigenvalue weighted by molar-refractivity contribution is 5.95. The number of nitrogens with one attached hydrogen (secondary N) is 1. The molecule has 9 heteroatoms. The fraction of sp³-hybridized carbons (Fsp3) is 0.273. The molecular weight excluding hydrogens is 398 g/mol. The van der Waals surface area contributed by atoms with Gasteiger partial charge in [-0.3, -0.25) is 14.9 Å². The van der Waals surface area contributed by atoms with Crippen molar-refractivity contribution in [3.8, 4) is 5.69 Å². The number of aromatic nitrogens is 2. The third-order valence-corrected chi connectivity index (χ3v) is 5.17. The number of para-hydroxylation sites is 1. The Labute approximate surface area is 179 Å². The monoisotopic (exact) mass is 421 g/mol. The van der Waals surface area contributed by atoms with E-state index in [2.05, 4.69) is 10.4 Å². The fourth-order valence-corrected chi connectivity index (χ4v) is 3.54. The molecule has 0 atom stereocenters. The van der Waals surface area contributed by atoms with Gasteiger partial charge in [0.05, 0.1) is 29.5 Å². The van der Waals surface area contributed by atoms with Crippen LogP contribution in [0.25, 0.3) is 5.69 Å². The van der Waals surface area contributed by atoms with E-state index >= 15 is 0 Å². The lowest BCUT2D eigenvalue weighted by molar-refractivity contribution is -0.384. The largest absolute Gasteiger partial charge is 0.378 e. The minimum Gasteiger partial charge on any atom is -0.378 e. The molecule has 2 heterocycles. The van der Waals surface area contributed by atoms with Gasteiger partial charge in [-0.15, -0.1) is 0 Å². The molecule has 2 aromatic carbocycles. The molecule has 0 saturated carbocycles. The van der Waals surface area contributed by atoms with Gasteiger partial charge in [-0.25, -0.2) is 4.68 Å². The summed E-state index contributed by atoms with van der Waals surface area (Å²) < 4.78 is 7.05. The van der Waals surface area contributed by atoms with Crippen molar-refractivity contribution in [1.82, 2.24) is 14.7 Å². The molecule has 31 heavy (non-hydrogen) atoms. The van der Waals surface area contributed by atoms with E-state index in [1.807, 2.05) is 43.5 Å². The Morgan fingerprint density at radius 3 is 2.68 bits per heavy atom. The van der Waals surface area contributed by atoms with Crippen LogP contribution >= 0.6 is 0 Å². The quantitative estimate of drug-likeness (QED) is 0.484. The number of rotatable bonds is 6. The van der Waals surface area contributed by atoms with E-state index in [9.17, 15) is 14.9 Å². The minimum atomic E-state index is -0.471. The average Bonchev–Trinajstić information content (AvgIpc) is 3.24. The Morgan fingerprint density at radius 1 is 1.19 bits per heavy atom. The number of hydrogen-bond donors (Lipinski definition) is 1. The lowest BCUT2D eigenvalue weighted by Gasteiger charge is -2.26. The topological polar surface area (TPSA) is 103 Å². The smallest absolute Gasteiger partial charge is 0.293 e. The van der Waals surface area contributed by atoms with Gasteiger partial charge in [0.15, 0.2) is 0 Å². The number of ether oxygens (including phenoxy) is 1. The summed E-state index contributed by atoms with van der Waals surface area (Å²) in [4.78, 5) is 25.5. The van der Waals surface area contributed by atoms with Crippen LogP contribution in [0, 0.1) is 17.0 Å². The number of hydrogen-bond acceptors (Lipinski definition) is 6. The van der Waals surface area contributed by atoms with Gasteiger partial charge in [-0.2, -0.15) is 5.10 Å². The normalized spacial score (nSPS) is 13.8. The molecule has 0 bridgehead atoms. The van der Waals surface area contributed by atoms with Crippen molar-refractivity contribution in [3.63, 3.8) is 0 Å². The van der Waals surface area contributed by atoms with Crippen LogP contribution in [0.2, 0.25) is 0 Å². The minimum absolute atomic E-state index is 0.133. The van der Waals surface area contributed by atoms with Gasteiger partial charge in [0.25, 0.3) is 11.6 Å². The second-order valence-electron chi connectivity index (χ2n) is 7.28. The molecule has 1 saturated heterocycles. The number of nitro benzene ring substituents is 1. The highest BCUT2D eigenvalue weighted by atomic mass is 16.6. The number of carbonyl (C=O) groups is 1. The average molecular weight is 421 g/mol. The van der Waals surface area contributed by atoms with Crippen LogP contribution in [-0.4, -0.2) is 51.8 Å². The Bertz CT molecular complexity index is 1100. The highest BCUT2D eigenvalue weighted by Gasteiger charge is 2.22. The number of morpholine rings is 1. The zero-order chi connectivity index (χ0) is 21.8. The first kappa shape index (κ1) is 20.5. The van der Waals surface area contributed by atoms with E-state index in [1.165, 1.54) is 6.07 Å². The second kappa shape index (κ2) is 8.97. The summed E-state index contributed by atoms with van der Waals surface area (Å²) in [6.07, 6.45) is 1.88. The summed E-state index contributed by atoms with van der Waals surface area (Å²) in [5, 5.41) is 19.3. The molecule has 1 aromatic heterocycles. The van der Waals surface area contributed by atoms with Gasteiger partial charge in [-0.1, -0.05) is 18.2 Å². The maximum Gasteiger partial charge on any atom is 0.293 e. The Balaban J connectivity index is 1.55. The summed E-state index contributed by atoms with van der Waals surface area (Å²) in [5.74, 6) is -0.225. The van der Waals surface area contributed by atoms with Gasteiger partial charge in [0.1, 0.15) is 5.69 Å². The van der Waals surface area contributed by atoms with Crippen molar-refractivity contribution in [2.24, 2.45) is 0 Å². The first-order valence-corrected chi connectivity index (χ1v) is 10.0. The number of aryl methyl sites for hydroxylation is 1. The van der Waals surface area contributed by atoms with E-state index in [1.54, 1.807) is 21.7 Å². The van der Waals surface area contributed by atoms with Crippen LogP contribution in [-0.2, 0) is 11.3 Å². The molecule has 160 valence electrons. The highest BCUT2D eigenvalue weighted by Crippen LogP contribution is 2.27. The van der Waals surface area contributed by atoms with E-state index in [0.29, 0.717) is 44.1 Å². The second-order valence-corrected chi connectivity index (χ2v) is 7.28. The van der Waals surface area contributed by atoms with Crippen LogP contribution in [0.4, 0.5) is 11.4 Å². The molecule has 1 aliphatic rings. The summed E-state index contributed by atoms with van der Waals surface area (Å²) in [5.41, 5.74) is 3.25. The Kier molecular flexibility index (Phi) is 5.94. The van der Waals surface area contributed by atoms with E-state index in [4.69, 9.17) is 4.74 Å². The molecule has 0 aliphatic carbocycles. The van der Waals surface area contributed by atoms with E-state index in [-0.39, 0.29) is 11.6 Å². The van der Waals surface area contributed by atoms with Crippen molar-refractivity contribution < 1.29 is 14.5 Å². The van der Waals surface area contributed by atoms with Gasteiger partial charge in [0, 0.05) is 37.5 Å². The van der Waals surface area contributed by atoms with Crippen molar-refractivity contribution in [3.05, 3.63) is 81.7 Å². The van der Waals surface area contributed by atoms with Gasteiger partial charge >= 0.3 is 0 Å². The first-order chi connectivity index (χ1) is 15.0. The number of anilines is 1. The number of carbonyl (C=O) groups excluding carboxylic acids is 1. The zero-order valence-corrected chi connectivity index (χ0v) is 17.2.